The van der Waals surface area contributed by atoms with Gasteiger partial charge in [-0.05, 0) is 31.0 Å². The van der Waals surface area contributed by atoms with Crippen molar-refractivity contribution in [2.75, 3.05) is 25.9 Å². The zero-order valence-corrected chi connectivity index (χ0v) is 11.5. The first kappa shape index (κ1) is 14.2. The molecule has 108 valence electrons. The molecule has 2 amide bonds. The third kappa shape index (κ3) is 2.84. The van der Waals surface area contributed by atoms with Gasteiger partial charge in [-0.3, -0.25) is 9.59 Å². The van der Waals surface area contributed by atoms with Gasteiger partial charge in [-0.1, -0.05) is 0 Å². The Morgan fingerprint density at radius 3 is 2.80 bits per heavy atom. The van der Waals surface area contributed by atoms with E-state index in [-0.39, 0.29) is 17.7 Å². The molecule has 1 aromatic carbocycles. The zero-order chi connectivity index (χ0) is 14.7. The van der Waals surface area contributed by atoms with E-state index in [9.17, 15) is 9.59 Å². The number of primary amides is 1. The van der Waals surface area contributed by atoms with E-state index >= 15 is 0 Å². The molecule has 0 bridgehead atoms. The molecule has 0 saturated carbocycles. The van der Waals surface area contributed by atoms with Gasteiger partial charge < -0.3 is 21.1 Å². The van der Waals surface area contributed by atoms with Gasteiger partial charge in [0, 0.05) is 18.7 Å². The maximum atomic E-state index is 12.4. The van der Waals surface area contributed by atoms with Crippen LogP contribution in [0.4, 0.5) is 5.69 Å². The SMILES string of the molecule is COc1cc(C(=O)N2CCCC(C(N)=O)C2)ccc1N. The fourth-order valence-electron chi connectivity index (χ4n) is 2.42. The molecule has 0 aromatic heterocycles. The highest BCUT2D eigenvalue weighted by Crippen LogP contribution is 2.24. The summed E-state index contributed by atoms with van der Waals surface area (Å²) < 4.78 is 5.11. The van der Waals surface area contributed by atoms with Crippen LogP contribution in [0.2, 0.25) is 0 Å². The molecule has 0 aliphatic carbocycles. The van der Waals surface area contributed by atoms with Gasteiger partial charge in [-0.25, -0.2) is 0 Å². The molecule has 0 radical (unpaired) electrons. The summed E-state index contributed by atoms with van der Waals surface area (Å²) >= 11 is 0. The lowest BCUT2D eigenvalue weighted by Crippen LogP contribution is -2.44. The molecule has 1 aliphatic heterocycles. The number of benzene rings is 1. The number of anilines is 1. The molecule has 6 nitrogen and oxygen atoms in total. The van der Waals surface area contributed by atoms with Gasteiger partial charge in [0.1, 0.15) is 5.75 Å². The minimum Gasteiger partial charge on any atom is -0.495 e. The van der Waals surface area contributed by atoms with Crippen molar-refractivity contribution in [2.45, 2.75) is 12.8 Å². The van der Waals surface area contributed by atoms with Gasteiger partial charge in [0.25, 0.3) is 5.91 Å². The normalized spacial score (nSPS) is 18.6. The van der Waals surface area contributed by atoms with Gasteiger partial charge in [-0.15, -0.1) is 0 Å². The van der Waals surface area contributed by atoms with E-state index in [4.69, 9.17) is 16.2 Å². The van der Waals surface area contributed by atoms with Crippen molar-refractivity contribution >= 4 is 17.5 Å². The summed E-state index contributed by atoms with van der Waals surface area (Å²) in [6, 6.07) is 4.92. The van der Waals surface area contributed by atoms with Crippen molar-refractivity contribution in [3.8, 4) is 5.75 Å². The van der Waals surface area contributed by atoms with Gasteiger partial charge in [-0.2, -0.15) is 0 Å². The Labute approximate surface area is 117 Å². The standard InChI is InChI=1S/C14H19N3O3/c1-20-12-7-9(4-5-11(12)15)14(19)17-6-2-3-10(8-17)13(16)18/h4-5,7,10H,2-3,6,8,15H2,1H3,(H2,16,18). The maximum Gasteiger partial charge on any atom is 0.254 e. The smallest absolute Gasteiger partial charge is 0.254 e. The Morgan fingerprint density at radius 1 is 1.40 bits per heavy atom. The minimum absolute atomic E-state index is 0.130. The fourth-order valence-corrected chi connectivity index (χ4v) is 2.42. The number of nitrogens with two attached hydrogens (primary N) is 2. The van der Waals surface area contributed by atoms with Crippen LogP contribution < -0.4 is 16.2 Å². The number of ether oxygens (including phenoxy) is 1. The Morgan fingerprint density at radius 2 is 2.15 bits per heavy atom. The lowest BCUT2D eigenvalue weighted by Gasteiger charge is -2.31. The van der Waals surface area contributed by atoms with Crippen molar-refractivity contribution in [2.24, 2.45) is 11.7 Å². The first-order valence-corrected chi connectivity index (χ1v) is 6.55. The monoisotopic (exact) mass is 277 g/mol. The number of likely N-dealkylation sites (tertiary alicyclic amines) is 1. The van der Waals surface area contributed by atoms with Crippen LogP contribution >= 0.6 is 0 Å². The molecule has 4 N–H and O–H groups in total. The third-order valence-corrected chi connectivity index (χ3v) is 3.59. The van der Waals surface area contributed by atoms with Crippen LogP contribution in [0, 0.1) is 5.92 Å². The molecule has 6 heteroatoms. The van der Waals surface area contributed by atoms with E-state index in [1.54, 1.807) is 23.1 Å². The van der Waals surface area contributed by atoms with E-state index in [0.717, 1.165) is 12.8 Å². The molecule has 20 heavy (non-hydrogen) atoms. The van der Waals surface area contributed by atoms with Gasteiger partial charge in [0.05, 0.1) is 18.7 Å². The second-order valence-corrected chi connectivity index (χ2v) is 4.95. The van der Waals surface area contributed by atoms with E-state index in [0.29, 0.717) is 30.1 Å². The van der Waals surface area contributed by atoms with Crippen LogP contribution in [0.25, 0.3) is 0 Å². The third-order valence-electron chi connectivity index (χ3n) is 3.59. The number of hydrogen-bond acceptors (Lipinski definition) is 4. The van der Waals surface area contributed by atoms with Gasteiger partial charge >= 0.3 is 0 Å². The first-order chi connectivity index (χ1) is 9.52. The summed E-state index contributed by atoms with van der Waals surface area (Å²) in [6.07, 6.45) is 1.52. The number of carbonyl (C=O) groups excluding carboxylic acids is 2. The van der Waals surface area contributed by atoms with Crippen LogP contribution in [0.3, 0.4) is 0 Å². The van der Waals surface area contributed by atoms with Crippen LogP contribution in [-0.4, -0.2) is 36.9 Å². The summed E-state index contributed by atoms with van der Waals surface area (Å²) in [6.45, 7) is 1.01. The number of rotatable bonds is 3. The highest BCUT2D eigenvalue weighted by atomic mass is 16.5. The fraction of sp³-hybridized carbons (Fsp3) is 0.429. The van der Waals surface area contributed by atoms with Crippen molar-refractivity contribution < 1.29 is 14.3 Å². The van der Waals surface area contributed by atoms with E-state index < -0.39 is 0 Å². The summed E-state index contributed by atoms with van der Waals surface area (Å²) in [5, 5.41) is 0. The molecular weight excluding hydrogens is 258 g/mol. The lowest BCUT2D eigenvalue weighted by atomic mass is 9.97. The summed E-state index contributed by atoms with van der Waals surface area (Å²) in [5.41, 5.74) is 12.0. The number of hydrogen-bond donors (Lipinski definition) is 2. The predicted molar refractivity (Wildman–Crippen MR) is 75.2 cm³/mol. The van der Waals surface area contributed by atoms with Crippen molar-refractivity contribution in [1.29, 1.82) is 0 Å². The van der Waals surface area contributed by atoms with Crippen molar-refractivity contribution in [3.05, 3.63) is 23.8 Å². The molecule has 1 fully saturated rings. The lowest BCUT2D eigenvalue weighted by molar-refractivity contribution is -0.123. The second kappa shape index (κ2) is 5.81. The van der Waals surface area contributed by atoms with E-state index in [1.807, 2.05) is 0 Å². The Bertz CT molecular complexity index is 530. The van der Waals surface area contributed by atoms with Gasteiger partial charge in [0.15, 0.2) is 0 Å². The number of methoxy groups -OCH3 is 1. The van der Waals surface area contributed by atoms with Crippen molar-refractivity contribution in [1.82, 2.24) is 4.90 Å². The zero-order valence-electron chi connectivity index (χ0n) is 11.5. The quantitative estimate of drug-likeness (QED) is 0.791. The average Bonchev–Trinajstić information content (AvgIpc) is 2.47. The summed E-state index contributed by atoms with van der Waals surface area (Å²) in [7, 11) is 1.50. The van der Waals surface area contributed by atoms with Crippen molar-refractivity contribution in [3.63, 3.8) is 0 Å². The Kier molecular flexibility index (Phi) is 4.12. The molecular formula is C14H19N3O3. The number of piperidine rings is 1. The van der Waals surface area contributed by atoms with Crippen LogP contribution in [0.15, 0.2) is 18.2 Å². The van der Waals surface area contributed by atoms with Crippen LogP contribution in [0.1, 0.15) is 23.2 Å². The molecule has 1 atom stereocenters. The molecule has 1 aromatic rings. The highest BCUT2D eigenvalue weighted by Gasteiger charge is 2.27. The second-order valence-electron chi connectivity index (χ2n) is 4.95. The molecule has 1 unspecified atom stereocenters. The number of nitrogen functional groups attached to an aromatic ring is 1. The predicted octanol–water partition coefficient (Wildman–Crippen LogP) is 0.615. The van der Waals surface area contributed by atoms with E-state index in [2.05, 4.69) is 0 Å². The maximum absolute atomic E-state index is 12.4. The van der Waals surface area contributed by atoms with Crippen LogP contribution in [0.5, 0.6) is 5.75 Å². The highest BCUT2D eigenvalue weighted by molar-refractivity contribution is 5.95. The number of amides is 2. The number of nitrogens with zero attached hydrogens (tertiary/aromatic N) is 1. The molecule has 1 saturated heterocycles. The molecule has 0 spiro atoms. The van der Waals surface area contributed by atoms with Gasteiger partial charge in [0.2, 0.25) is 5.91 Å². The van der Waals surface area contributed by atoms with Crippen LogP contribution in [-0.2, 0) is 4.79 Å². The molecule has 2 rings (SSSR count). The Hall–Kier alpha value is -2.24. The molecule has 1 heterocycles. The number of carbonyl (C=O) groups is 2. The largest absolute Gasteiger partial charge is 0.495 e. The topological polar surface area (TPSA) is 98.6 Å². The minimum atomic E-state index is -0.350. The summed E-state index contributed by atoms with van der Waals surface area (Å²) in [5.74, 6) is -0.269. The first-order valence-electron chi connectivity index (χ1n) is 6.55. The average molecular weight is 277 g/mol. The van der Waals surface area contributed by atoms with E-state index in [1.165, 1.54) is 7.11 Å². The molecule has 1 aliphatic rings. The summed E-state index contributed by atoms with van der Waals surface area (Å²) in [4.78, 5) is 25.3. The Balaban J connectivity index is 2.16.